The number of nitrogens with one attached hydrogen (secondary N) is 2. The summed E-state index contributed by atoms with van der Waals surface area (Å²) in [5.41, 5.74) is -0.296. The molecule has 0 atom stereocenters. The Bertz CT molecular complexity index is 704. The third-order valence-electron chi connectivity index (χ3n) is 2.44. The Kier molecular flexibility index (Phi) is 4.14. The van der Waals surface area contributed by atoms with E-state index in [1.807, 2.05) is 0 Å². The molecule has 0 radical (unpaired) electrons. The maximum absolute atomic E-state index is 12.0. The molecular weight excluding hydrogens is 280 g/mol. The predicted molar refractivity (Wildman–Crippen MR) is 75.7 cm³/mol. The zero-order valence-electron chi connectivity index (χ0n) is 11.0. The first kappa shape index (κ1) is 14.2. The van der Waals surface area contributed by atoms with Crippen molar-refractivity contribution in [2.75, 3.05) is 0 Å². The van der Waals surface area contributed by atoms with Gasteiger partial charge in [0.15, 0.2) is 0 Å². The summed E-state index contributed by atoms with van der Waals surface area (Å²) in [6, 6.07) is 1.01. The molecule has 0 unspecified atom stereocenters. The number of urea groups is 1. The van der Waals surface area contributed by atoms with Crippen molar-refractivity contribution >= 4 is 33.5 Å². The standard InChI is InChI=1S/C12H14N4O3S/c1-7(2)14-12(19)15-9(17)5-16-6-13-10-8(11(16)18)3-4-20-10/h3-4,6-7H,5H2,1-2H3,(H2,14,15,17,19). The van der Waals surface area contributed by atoms with Gasteiger partial charge in [-0.25, -0.2) is 9.78 Å². The average molecular weight is 294 g/mol. The molecule has 0 aliphatic carbocycles. The van der Waals surface area contributed by atoms with Gasteiger partial charge in [0.1, 0.15) is 11.4 Å². The van der Waals surface area contributed by atoms with Crippen LogP contribution in [0.2, 0.25) is 0 Å². The molecular formula is C12H14N4O3S. The van der Waals surface area contributed by atoms with Gasteiger partial charge in [0.05, 0.1) is 11.7 Å². The van der Waals surface area contributed by atoms with Crippen LogP contribution < -0.4 is 16.2 Å². The number of rotatable bonds is 3. The topological polar surface area (TPSA) is 93.1 Å². The Morgan fingerprint density at radius 2 is 2.20 bits per heavy atom. The van der Waals surface area contributed by atoms with E-state index in [0.717, 1.165) is 0 Å². The van der Waals surface area contributed by atoms with Gasteiger partial charge < -0.3 is 5.32 Å². The van der Waals surface area contributed by atoms with Crippen LogP contribution in [-0.2, 0) is 11.3 Å². The van der Waals surface area contributed by atoms with Crippen LogP contribution in [-0.4, -0.2) is 27.5 Å². The number of amides is 3. The van der Waals surface area contributed by atoms with Crippen LogP contribution in [0.25, 0.3) is 10.2 Å². The highest BCUT2D eigenvalue weighted by molar-refractivity contribution is 7.16. The molecule has 2 N–H and O–H groups in total. The van der Waals surface area contributed by atoms with Gasteiger partial charge in [0.25, 0.3) is 5.56 Å². The average Bonchev–Trinajstić information content (AvgIpc) is 2.80. The van der Waals surface area contributed by atoms with E-state index in [9.17, 15) is 14.4 Å². The monoisotopic (exact) mass is 294 g/mol. The van der Waals surface area contributed by atoms with Crippen molar-refractivity contribution in [1.82, 2.24) is 20.2 Å². The maximum atomic E-state index is 12.0. The molecule has 0 spiro atoms. The van der Waals surface area contributed by atoms with Crippen molar-refractivity contribution in [3.63, 3.8) is 0 Å². The number of nitrogens with zero attached hydrogens (tertiary/aromatic N) is 2. The van der Waals surface area contributed by atoms with Gasteiger partial charge in [-0.2, -0.15) is 0 Å². The minimum absolute atomic E-state index is 0.0747. The SMILES string of the molecule is CC(C)NC(=O)NC(=O)Cn1cnc2sccc2c1=O. The highest BCUT2D eigenvalue weighted by atomic mass is 32.1. The number of fused-ring (bicyclic) bond motifs is 1. The Morgan fingerprint density at radius 3 is 2.90 bits per heavy atom. The molecule has 0 aromatic carbocycles. The van der Waals surface area contributed by atoms with Crippen LogP contribution in [0.3, 0.4) is 0 Å². The third-order valence-corrected chi connectivity index (χ3v) is 3.26. The van der Waals surface area contributed by atoms with E-state index in [4.69, 9.17) is 0 Å². The zero-order chi connectivity index (χ0) is 14.7. The van der Waals surface area contributed by atoms with Gasteiger partial charge in [0.2, 0.25) is 5.91 Å². The molecule has 0 fully saturated rings. The summed E-state index contributed by atoms with van der Waals surface area (Å²) < 4.78 is 1.17. The van der Waals surface area contributed by atoms with Crippen LogP contribution in [0.15, 0.2) is 22.6 Å². The molecule has 0 aliphatic heterocycles. The van der Waals surface area contributed by atoms with Gasteiger partial charge in [-0.05, 0) is 25.3 Å². The van der Waals surface area contributed by atoms with E-state index in [2.05, 4.69) is 15.6 Å². The van der Waals surface area contributed by atoms with E-state index in [-0.39, 0.29) is 18.1 Å². The normalized spacial score (nSPS) is 10.8. The van der Waals surface area contributed by atoms with Gasteiger partial charge in [-0.3, -0.25) is 19.5 Å². The molecule has 0 bridgehead atoms. The number of carbonyl (C=O) groups is 2. The molecule has 7 nitrogen and oxygen atoms in total. The fraction of sp³-hybridized carbons (Fsp3) is 0.333. The van der Waals surface area contributed by atoms with Crippen molar-refractivity contribution in [3.8, 4) is 0 Å². The zero-order valence-corrected chi connectivity index (χ0v) is 11.9. The van der Waals surface area contributed by atoms with Gasteiger partial charge in [-0.1, -0.05) is 0 Å². The molecule has 2 aromatic rings. The van der Waals surface area contributed by atoms with E-state index < -0.39 is 11.9 Å². The fourth-order valence-corrected chi connectivity index (χ4v) is 2.35. The van der Waals surface area contributed by atoms with Gasteiger partial charge >= 0.3 is 6.03 Å². The molecule has 2 aromatic heterocycles. The summed E-state index contributed by atoms with van der Waals surface area (Å²) in [5, 5.41) is 6.92. The number of thiophene rings is 1. The summed E-state index contributed by atoms with van der Waals surface area (Å²) in [4.78, 5) is 39.8. The number of carbonyl (C=O) groups excluding carboxylic acids is 2. The second kappa shape index (κ2) is 5.83. The van der Waals surface area contributed by atoms with Crippen LogP contribution >= 0.6 is 11.3 Å². The molecule has 3 amide bonds. The number of imide groups is 1. The first-order valence-electron chi connectivity index (χ1n) is 6.00. The van der Waals surface area contributed by atoms with Crippen molar-refractivity contribution in [3.05, 3.63) is 28.1 Å². The Balaban J connectivity index is 2.08. The van der Waals surface area contributed by atoms with Crippen LogP contribution in [0.4, 0.5) is 4.79 Å². The van der Waals surface area contributed by atoms with E-state index in [1.54, 1.807) is 25.3 Å². The second-order valence-corrected chi connectivity index (χ2v) is 5.39. The van der Waals surface area contributed by atoms with Crippen LogP contribution in [0.5, 0.6) is 0 Å². The quantitative estimate of drug-likeness (QED) is 0.871. The minimum atomic E-state index is -0.581. The lowest BCUT2D eigenvalue weighted by atomic mass is 10.4. The molecule has 0 saturated heterocycles. The first-order valence-corrected chi connectivity index (χ1v) is 6.88. The van der Waals surface area contributed by atoms with Crippen LogP contribution in [0.1, 0.15) is 13.8 Å². The maximum Gasteiger partial charge on any atom is 0.321 e. The molecule has 0 aliphatic rings. The summed E-state index contributed by atoms with van der Waals surface area (Å²) in [7, 11) is 0. The highest BCUT2D eigenvalue weighted by Gasteiger charge is 2.11. The van der Waals surface area contributed by atoms with Crippen molar-refractivity contribution < 1.29 is 9.59 Å². The molecule has 0 saturated carbocycles. The summed E-state index contributed by atoms with van der Waals surface area (Å²) >= 11 is 1.36. The minimum Gasteiger partial charge on any atom is -0.336 e. The lowest BCUT2D eigenvalue weighted by Gasteiger charge is -2.09. The highest BCUT2D eigenvalue weighted by Crippen LogP contribution is 2.12. The van der Waals surface area contributed by atoms with Gasteiger partial charge in [-0.15, -0.1) is 11.3 Å². The summed E-state index contributed by atoms with van der Waals surface area (Å²) in [6.07, 6.45) is 1.31. The second-order valence-electron chi connectivity index (χ2n) is 4.49. The lowest BCUT2D eigenvalue weighted by molar-refractivity contribution is -0.120. The van der Waals surface area contributed by atoms with Crippen molar-refractivity contribution in [2.45, 2.75) is 26.4 Å². The molecule has 8 heteroatoms. The van der Waals surface area contributed by atoms with Gasteiger partial charge in [0, 0.05) is 6.04 Å². The lowest BCUT2D eigenvalue weighted by Crippen LogP contribution is -2.44. The Hall–Kier alpha value is -2.22. The Morgan fingerprint density at radius 1 is 1.45 bits per heavy atom. The largest absolute Gasteiger partial charge is 0.336 e. The van der Waals surface area contributed by atoms with Crippen molar-refractivity contribution in [1.29, 1.82) is 0 Å². The molecule has 20 heavy (non-hydrogen) atoms. The van der Waals surface area contributed by atoms with E-state index in [0.29, 0.717) is 10.2 Å². The van der Waals surface area contributed by atoms with Crippen molar-refractivity contribution in [2.24, 2.45) is 0 Å². The smallest absolute Gasteiger partial charge is 0.321 e. The number of hydrogen-bond acceptors (Lipinski definition) is 5. The molecule has 2 heterocycles. The van der Waals surface area contributed by atoms with E-state index >= 15 is 0 Å². The predicted octanol–water partition coefficient (Wildman–Crippen LogP) is 0.692. The Labute approximate surface area is 118 Å². The number of aromatic nitrogens is 2. The summed E-state index contributed by atoms with van der Waals surface area (Å²) in [6.45, 7) is 3.31. The molecule has 2 rings (SSSR count). The summed E-state index contributed by atoms with van der Waals surface area (Å²) in [5.74, 6) is -0.568. The van der Waals surface area contributed by atoms with Crippen LogP contribution in [0, 0.1) is 0 Å². The number of hydrogen-bond donors (Lipinski definition) is 2. The van der Waals surface area contributed by atoms with E-state index in [1.165, 1.54) is 22.2 Å². The third kappa shape index (κ3) is 3.21. The fourth-order valence-electron chi connectivity index (χ4n) is 1.63. The first-order chi connectivity index (χ1) is 9.47. The molecule has 106 valence electrons.